The summed E-state index contributed by atoms with van der Waals surface area (Å²) >= 11 is 0. The lowest BCUT2D eigenvalue weighted by atomic mass is 10.1. The first-order valence-electron chi connectivity index (χ1n) is 7.13. The number of nitrogens with zero attached hydrogens (tertiary/aromatic N) is 1. The van der Waals surface area contributed by atoms with Crippen LogP contribution in [0, 0.1) is 0 Å². The molecule has 6 nitrogen and oxygen atoms in total. The average molecular weight is 271 g/mol. The van der Waals surface area contributed by atoms with Crippen LogP contribution in [0.2, 0.25) is 0 Å². The van der Waals surface area contributed by atoms with Crippen LogP contribution in [0.15, 0.2) is 0 Å². The van der Waals surface area contributed by atoms with Crippen molar-refractivity contribution in [3.05, 3.63) is 0 Å². The first-order valence-corrected chi connectivity index (χ1v) is 7.13. The molecule has 2 amide bonds. The van der Waals surface area contributed by atoms with Crippen molar-refractivity contribution < 1.29 is 14.7 Å². The van der Waals surface area contributed by atoms with E-state index in [1.807, 2.05) is 6.92 Å². The maximum absolute atomic E-state index is 11.6. The number of carbonyl (C=O) groups excluding carboxylic acids is 1. The molecule has 19 heavy (non-hydrogen) atoms. The number of aliphatic carboxylic acids is 1. The van der Waals surface area contributed by atoms with Gasteiger partial charge in [-0.25, -0.2) is 9.59 Å². The Hall–Kier alpha value is -1.30. The van der Waals surface area contributed by atoms with Gasteiger partial charge in [-0.15, -0.1) is 0 Å². The lowest BCUT2D eigenvalue weighted by molar-refractivity contribution is -0.139. The van der Waals surface area contributed by atoms with Crippen molar-refractivity contribution in [2.75, 3.05) is 26.2 Å². The number of carboxylic acid groups (broad SMARTS) is 1. The van der Waals surface area contributed by atoms with Crippen molar-refractivity contribution in [2.45, 2.75) is 45.1 Å². The summed E-state index contributed by atoms with van der Waals surface area (Å²) in [7, 11) is 0. The molecule has 1 aliphatic rings. The molecule has 0 saturated carbocycles. The third-order valence-electron chi connectivity index (χ3n) is 3.34. The van der Waals surface area contributed by atoms with Crippen molar-refractivity contribution >= 4 is 12.0 Å². The molecular formula is C13H25N3O3. The maximum atomic E-state index is 11.6. The van der Waals surface area contributed by atoms with Crippen LogP contribution in [0.1, 0.15) is 39.0 Å². The number of hydrogen-bond acceptors (Lipinski definition) is 3. The van der Waals surface area contributed by atoms with Gasteiger partial charge in [-0.05, 0) is 32.4 Å². The van der Waals surface area contributed by atoms with Gasteiger partial charge >= 0.3 is 12.0 Å². The number of urea groups is 1. The minimum absolute atomic E-state index is 0.391. The van der Waals surface area contributed by atoms with Crippen molar-refractivity contribution in [3.8, 4) is 0 Å². The Labute approximate surface area is 114 Å². The molecule has 1 rings (SSSR count). The van der Waals surface area contributed by atoms with E-state index >= 15 is 0 Å². The smallest absolute Gasteiger partial charge is 0.326 e. The average Bonchev–Trinajstić information content (AvgIpc) is 2.39. The molecule has 0 aliphatic carbocycles. The van der Waals surface area contributed by atoms with E-state index in [1.54, 1.807) is 0 Å². The molecule has 3 N–H and O–H groups in total. The Morgan fingerprint density at radius 3 is 2.53 bits per heavy atom. The Kier molecular flexibility index (Phi) is 7.25. The van der Waals surface area contributed by atoms with Gasteiger partial charge in [-0.2, -0.15) is 0 Å². The van der Waals surface area contributed by atoms with Gasteiger partial charge in [0.25, 0.3) is 0 Å². The van der Waals surface area contributed by atoms with Gasteiger partial charge in [0.05, 0.1) is 0 Å². The minimum Gasteiger partial charge on any atom is -0.480 e. The van der Waals surface area contributed by atoms with Crippen molar-refractivity contribution in [2.24, 2.45) is 0 Å². The standard InChI is InChI=1S/C13H25N3O3/c1-2-6-11(12(17)18)15-13(19)14-7-10-16-8-4-3-5-9-16/h11H,2-10H2,1H3,(H,17,18)(H2,14,15,19)/t11-/m0/s1. The lowest BCUT2D eigenvalue weighted by Crippen LogP contribution is -2.47. The first-order chi connectivity index (χ1) is 9.13. The zero-order chi connectivity index (χ0) is 14.1. The molecule has 1 aliphatic heterocycles. The normalized spacial score (nSPS) is 17.7. The predicted octanol–water partition coefficient (Wildman–Crippen LogP) is 1.02. The van der Waals surface area contributed by atoms with E-state index < -0.39 is 18.0 Å². The van der Waals surface area contributed by atoms with Crippen LogP contribution < -0.4 is 10.6 Å². The zero-order valence-electron chi connectivity index (χ0n) is 11.7. The van der Waals surface area contributed by atoms with Gasteiger partial charge in [-0.3, -0.25) is 0 Å². The summed E-state index contributed by atoms with van der Waals surface area (Å²) in [6, 6.07) is -1.18. The van der Waals surface area contributed by atoms with Crippen molar-refractivity contribution in [3.63, 3.8) is 0 Å². The second kappa shape index (κ2) is 8.74. The van der Waals surface area contributed by atoms with E-state index in [1.165, 1.54) is 19.3 Å². The molecule has 1 fully saturated rings. The van der Waals surface area contributed by atoms with E-state index in [0.29, 0.717) is 13.0 Å². The highest BCUT2D eigenvalue weighted by molar-refractivity contribution is 5.82. The van der Waals surface area contributed by atoms with Crippen LogP contribution in [-0.2, 0) is 4.79 Å². The number of nitrogens with one attached hydrogen (secondary N) is 2. The molecule has 1 atom stereocenters. The summed E-state index contributed by atoms with van der Waals surface area (Å²) in [4.78, 5) is 24.8. The fourth-order valence-corrected chi connectivity index (χ4v) is 2.27. The Balaban J connectivity index is 2.17. The molecule has 0 spiro atoms. The van der Waals surface area contributed by atoms with Gasteiger partial charge in [0, 0.05) is 13.1 Å². The number of carbonyl (C=O) groups is 2. The van der Waals surface area contributed by atoms with Crippen LogP contribution >= 0.6 is 0 Å². The Morgan fingerprint density at radius 1 is 1.26 bits per heavy atom. The number of likely N-dealkylation sites (tertiary alicyclic amines) is 1. The Morgan fingerprint density at radius 2 is 1.95 bits per heavy atom. The van der Waals surface area contributed by atoms with Gasteiger partial charge < -0.3 is 20.6 Å². The molecular weight excluding hydrogens is 246 g/mol. The molecule has 1 heterocycles. The molecule has 0 unspecified atom stereocenters. The van der Waals surface area contributed by atoms with Gasteiger partial charge in [0.2, 0.25) is 0 Å². The van der Waals surface area contributed by atoms with Crippen molar-refractivity contribution in [1.82, 2.24) is 15.5 Å². The summed E-state index contributed by atoms with van der Waals surface area (Å²) in [6.45, 7) is 5.48. The molecule has 0 aromatic heterocycles. The minimum atomic E-state index is -0.979. The predicted molar refractivity (Wildman–Crippen MR) is 73.2 cm³/mol. The van der Waals surface area contributed by atoms with Crippen LogP contribution in [0.5, 0.6) is 0 Å². The van der Waals surface area contributed by atoms with Crippen LogP contribution in [-0.4, -0.2) is 54.2 Å². The fourth-order valence-electron chi connectivity index (χ4n) is 2.27. The van der Waals surface area contributed by atoms with E-state index in [9.17, 15) is 9.59 Å². The fraction of sp³-hybridized carbons (Fsp3) is 0.846. The van der Waals surface area contributed by atoms with Crippen molar-refractivity contribution in [1.29, 1.82) is 0 Å². The lowest BCUT2D eigenvalue weighted by Gasteiger charge is -2.26. The van der Waals surface area contributed by atoms with Gasteiger partial charge in [0.15, 0.2) is 0 Å². The largest absolute Gasteiger partial charge is 0.480 e. The number of hydrogen-bond donors (Lipinski definition) is 3. The molecule has 1 saturated heterocycles. The molecule has 6 heteroatoms. The van der Waals surface area contributed by atoms with E-state index in [-0.39, 0.29) is 0 Å². The third-order valence-corrected chi connectivity index (χ3v) is 3.34. The van der Waals surface area contributed by atoms with E-state index in [0.717, 1.165) is 26.1 Å². The number of piperidine rings is 1. The van der Waals surface area contributed by atoms with Crippen LogP contribution in [0.25, 0.3) is 0 Å². The van der Waals surface area contributed by atoms with E-state index in [2.05, 4.69) is 15.5 Å². The second-order valence-electron chi connectivity index (χ2n) is 4.98. The monoisotopic (exact) mass is 271 g/mol. The first kappa shape index (κ1) is 15.8. The summed E-state index contributed by atoms with van der Waals surface area (Å²) in [5.41, 5.74) is 0. The van der Waals surface area contributed by atoms with E-state index in [4.69, 9.17) is 5.11 Å². The zero-order valence-corrected chi connectivity index (χ0v) is 11.7. The topological polar surface area (TPSA) is 81.7 Å². The summed E-state index contributed by atoms with van der Waals surface area (Å²) in [5, 5.41) is 14.1. The third kappa shape index (κ3) is 6.42. The molecule has 110 valence electrons. The number of amides is 2. The molecule has 0 radical (unpaired) electrons. The van der Waals surface area contributed by atoms with Gasteiger partial charge in [0.1, 0.15) is 6.04 Å². The highest BCUT2D eigenvalue weighted by atomic mass is 16.4. The SMILES string of the molecule is CCC[C@H](NC(=O)NCCN1CCCCC1)C(=O)O. The molecule has 0 aromatic carbocycles. The molecule has 0 bridgehead atoms. The Bertz CT molecular complexity index is 291. The maximum Gasteiger partial charge on any atom is 0.326 e. The second-order valence-corrected chi connectivity index (χ2v) is 4.98. The summed E-state index contributed by atoms with van der Waals surface area (Å²) in [6.07, 6.45) is 4.93. The number of rotatable bonds is 7. The summed E-state index contributed by atoms with van der Waals surface area (Å²) in [5.74, 6) is -0.979. The highest BCUT2D eigenvalue weighted by Gasteiger charge is 2.18. The van der Waals surface area contributed by atoms with Crippen LogP contribution in [0.4, 0.5) is 4.79 Å². The number of carboxylic acids is 1. The van der Waals surface area contributed by atoms with Gasteiger partial charge in [-0.1, -0.05) is 19.8 Å². The van der Waals surface area contributed by atoms with Crippen LogP contribution in [0.3, 0.4) is 0 Å². The summed E-state index contributed by atoms with van der Waals surface area (Å²) < 4.78 is 0. The highest BCUT2D eigenvalue weighted by Crippen LogP contribution is 2.07. The quantitative estimate of drug-likeness (QED) is 0.646. The molecule has 0 aromatic rings.